The lowest BCUT2D eigenvalue weighted by molar-refractivity contribution is 0.0634. The van der Waals surface area contributed by atoms with Crippen LogP contribution in [0.4, 0.5) is 14.7 Å². The van der Waals surface area contributed by atoms with Crippen LogP contribution in [0.5, 0.6) is 0 Å². The molecule has 102 valence electrons. The van der Waals surface area contributed by atoms with Gasteiger partial charge in [0.1, 0.15) is 5.52 Å². The number of imidazole rings is 1. The molecule has 0 radical (unpaired) electrons. The van der Waals surface area contributed by atoms with Gasteiger partial charge in [-0.2, -0.15) is 0 Å². The molecular formula is C13H16F2N4. The molecule has 1 aliphatic heterocycles. The van der Waals surface area contributed by atoms with Gasteiger partial charge in [0.15, 0.2) is 5.65 Å². The highest BCUT2D eigenvalue weighted by Gasteiger charge is 2.28. The molecule has 19 heavy (non-hydrogen) atoms. The largest absolute Gasteiger partial charge is 0.342 e. The van der Waals surface area contributed by atoms with Gasteiger partial charge < -0.3 is 4.90 Å². The third kappa shape index (κ3) is 2.15. The molecule has 2 aromatic heterocycles. The van der Waals surface area contributed by atoms with E-state index in [1.165, 1.54) is 0 Å². The van der Waals surface area contributed by atoms with Crippen LogP contribution in [0.2, 0.25) is 0 Å². The van der Waals surface area contributed by atoms with Crippen molar-refractivity contribution in [2.75, 3.05) is 18.0 Å². The molecule has 4 nitrogen and oxygen atoms in total. The van der Waals surface area contributed by atoms with Crippen molar-refractivity contribution in [3.05, 3.63) is 18.3 Å². The topological polar surface area (TPSA) is 34.0 Å². The molecule has 0 atom stereocenters. The molecular weight excluding hydrogens is 250 g/mol. The zero-order valence-corrected chi connectivity index (χ0v) is 10.8. The van der Waals surface area contributed by atoms with Crippen molar-refractivity contribution < 1.29 is 8.78 Å². The van der Waals surface area contributed by atoms with E-state index in [9.17, 15) is 8.78 Å². The third-order valence-corrected chi connectivity index (χ3v) is 3.78. The summed E-state index contributed by atoms with van der Waals surface area (Å²) in [6.07, 6.45) is 0.573. The van der Waals surface area contributed by atoms with Crippen molar-refractivity contribution in [1.29, 1.82) is 0 Å². The van der Waals surface area contributed by atoms with Crippen molar-refractivity contribution in [3.63, 3.8) is 0 Å². The van der Waals surface area contributed by atoms with Crippen LogP contribution in [0.1, 0.15) is 12.8 Å². The van der Waals surface area contributed by atoms with Gasteiger partial charge in [-0.25, -0.2) is 18.7 Å². The zero-order chi connectivity index (χ0) is 13.4. The van der Waals surface area contributed by atoms with E-state index < -0.39 is 12.3 Å². The number of anilines is 1. The van der Waals surface area contributed by atoms with Gasteiger partial charge in [-0.05, 0) is 25.0 Å². The number of hydrogen-bond donors (Lipinski definition) is 0. The molecule has 3 heterocycles. The number of hydrogen-bond acceptors (Lipinski definition) is 3. The number of fused-ring (bicyclic) bond motifs is 1. The van der Waals surface area contributed by atoms with Crippen molar-refractivity contribution in [2.45, 2.75) is 19.3 Å². The fourth-order valence-electron chi connectivity index (χ4n) is 2.65. The summed E-state index contributed by atoms with van der Waals surface area (Å²) in [5.74, 6) is 0.352. The molecule has 0 amide bonds. The molecule has 0 unspecified atom stereocenters. The number of pyridine rings is 1. The van der Waals surface area contributed by atoms with Crippen LogP contribution in [0.3, 0.4) is 0 Å². The minimum Gasteiger partial charge on any atom is -0.342 e. The summed E-state index contributed by atoms with van der Waals surface area (Å²) >= 11 is 0. The highest BCUT2D eigenvalue weighted by Crippen LogP contribution is 2.27. The zero-order valence-electron chi connectivity index (χ0n) is 10.8. The first-order chi connectivity index (χ1) is 9.16. The van der Waals surface area contributed by atoms with Crippen LogP contribution >= 0.6 is 0 Å². The fraction of sp³-hybridized carbons (Fsp3) is 0.538. The number of nitrogens with zero attached hydrogens (tertiary/aromatic N) is 4. The van der Waals surface area contributed by atoms with Crippen molar-refractivity contribution in [1.82, 2.24) is 14.5 Å². The van der Waals surface area contributed by atoms with Crippen LogP contribution in [0.15, 0.2) is 18.3 Å². The summed E-state index contributed by atoms with van der Waals surface area (Å²) < 4.78 is 27.2. The molecule has 0 bridgehead atoms. The maximum atomic E-state index is 12.6. The summed E-state index contributed by atoms with van der Waals surface area (Å²) in [7, 11) is 1.91. The molecule has 3 rings (SSSR count). The number of aryl methyl sites for hydroxylation is 1. The van der Waals surface area contributed by atoms with Gasteiger partial charge in [0.05, 0.1) is 0 Å². The summed E-state index contributed by atoms with van der Waals surface area (Å²) in [6, 6.07) is 3.76. The van der Waals surface area contributed by atoms with E-state index in [0.29, 0.717) is 25.9 Å². The fourth-order valence-corrected chi connectivity index (χ4v) is 2.65. The average Bonchev–Trinajstić information content (AvgIpc) is 2.77. The Morgan fingerprint density at radius 1 is 1.32 bits per heavy atom. The molecule has 2 aromatic rings. The van der Waals surface area contributed by atoms with Crippen molar-refractivity contribution >= 4 is 17.1 Å². The quantitative estimate of drug-likeness (QED) is 0.837. The lowest BCUT2D eigenvalue weighted by Gasteiger charge is -2.32. The summed E-state index contributed by atoms with van der Waals surface area (Å²) in [4.78, 5) is 10.9. The van der Waals surface area contributed by atoms with E-state index in [-0.39, 0.29) is 0 Å². The van der Waals surface area contributed by atoms with Crippen LogP contribution in [-0.4, -0.2) is 34.1 Å². The molecule has 6 heteroatoms. The molecule has 0 spiro atoms. The third-order valence-electron chi connectivity index (χ3n) is 3.78. The minimum absolute atomic E-state index is 0.468. The van der Waals surface area contributed by atoms with Gasteiger partial charge in [-0.15, -0.1) is 0 Å². The number of rotatable bonds is 2. The van der Waals surface area contributed by atoms with Gasteiger partial charge in [0, 0.05) is 32.3 Å². The molecule has 0 aromatic carbocycles. The minimum atomic E-state index is -2.20. The Labute approximate surface area is 110 Å². The second-order valence-electron chi connectivity index (χ2n) is 4.98. The Balaban J connectivity index is 1.84. The Morgan fingerprint density at radius 2 is 2.05 bits per heavy atom. The Hall–Kier alpha value is -1.72. The SMILES string of the molecule is Cn1c(N2CCC(C(F)F)CC2)nc2cccnc21. The first-order valence-electron chi connectivity index (χ1n) is 6.47. The van der Waals surface area contributed by atoms with Gasteiger partial charge in [0.25, 0.3) is 0 Å². The lowest BCUT2D eigenvalue weighted by Crippen LogP contribution is -2.37. The lowest BCUT2D eigenvalue weighted by atomic mass is 9.98. The Morgan fingerprint density at radius 3 is 2.68 bits per heavy atom. The number of halogens is 2. The maximum Gasteiger partial charge on any atom is 0.241 e. The van der Waals surface area contributed by atoms with E-state index in [1.54, 1.807) is 6.20 Å². The average molecular weight is 266 g/mol. The molecule has 0 saturated carbocycles. The second kappa shape index (κ2) is 4.75. The van der Waals surface area contributed by atoms with E-state index in [0.717, 1.165) is 17.1 Å². The first-order valence-corrected chi connectivity index (χ1v) is 6.47. The van der Waals surface area contributed by atoms with Gasteiger partial charge in [0.2, 0.25) is 12.4 Å². The first kappa shape index (κ1) is 12.3. The standard InChI is InChI=1S/C13H16F2N4/c1-18-12-10(3-2-6-16-12)17-13(18)19-7-4-9(5-8-19)11(14)15/h2-3,6,9,11H,4-5,7-8H2,1H3. The van der Waals surface area contributed by atoms with Gasteiger partial charge >= 0.3 is 0 Å². The van der Waals surface area contributed by atoms with Crippen LogP contribution < -0.4 is 4.90 Å². The molecule has 1 saturated heterocycles. The summed E-state index contributed by atoms with van der Waals surface area (Å²) in [5.41, 5.74) is 1.67. The highest BCUT2D eigenvalue weighted by molar-refractivity contribution is 5.74. The monoisotopic (exact) mass is 266 g/mol. The van der Waals surface area contributed by atoms with Crippen LogP contribution in [0.25, 0.3) is 11.2 Å². The maximum absolute atomic E-state index is 12.6. The predicted octanol–water partition coefficient (Wildman–Crippen LogP) is 2.45. The smallest absolute Gasteiger partial charge is 0.241 e. The summed E-state index contributed by atoms with van der Waals surface area (Å²) in [5, 5.41) is 0. The second-order valence-corrected chi connectivity index (χ2v) is 4.98. The summed E-state index contributed by atoms with van der Waals surface area (Å²) in [6.45, 7) is 1.26. The highest BCUT2D eigenvalue weighted by atomic mass is 19.3. The van der Waals surface area contributed by atoms with Gasteiger partial charge in [-0.3, -0.25) is 4.57 Å². The molecule has 0 aliphatic carbocycles. The van der Waals surface area contributed by atoms with Crippen molar-refractivity contribution in [2.24, 2.45) is 13.0 Å². The van der Waals surface area contributed by atoms with E-state index >= 15 is 0 Å². The van der Waals surface area contributed by atoms with E-state index in [4.69, 9.17) is 0 Å². The molecule has 1 aliphatic rings. The van der Waals surface area contributed by atoms with Crippen LogP contribution in [-0.2, 0) is 7.05 Å². The Bertz CT molecular complexity index is 573. The molecule has 0 N–H and O–H groups in total. The molecule has 1 fully saturated rings. The Kier molecular flexibility index (Phi) is 3.08. The predicted molar refractivity (Wildman–Crippen MR) is 69.5 cm³/mol. The van der Waals surface area contributed by atoms with E-state index in [1.807, 2.05) is 23.7 Å². The number of aromatic nitrogens is 3. The van der Waals surface area contributed by atoms with Crippen LogP contribution in [0, 0.1) is 5.92 Å². The normalized spacial score (nSPS) is 17.6. The number of alkyl halides is 2. The van der Waals surface area contributed by atoms with E-state index in [2.05, 4.69) is 14.9 Å². The van der Waals surface area contributed by atoms with Crippen molar-refractivity contribution in [3.8, 4) is 0 Å². The number of piperidine rings is 1. The van der Waals surface area contributed by atoms with Gasteiger partial charge in [-0.1, -0.05) is 0 Å².